The van der Waals surface area contributed by atoms with Crippen LogP contribution in [0.4, 0.5) is 5.69 Å². The highest BCUT2D eigenvalue weighted by atomic mass is 32.2. The number of nitrogen functional groups attached to an aromatic ring is 1. The van der Waals surface area contributed by atoms with Gasteiger partial charge in [0.25, 0.3) is 0 Å². The first-order valence-electron chi connectivity index (χ1n) is 4.51. The molecule has 18 heavy (non-hydrogen) atoms. The predicted octanol–water partition coefficient (Wildman–Crippen LogP) is -0.226. The van der Waals surface area contributed by atoms with E-state index < -0.39 is 46.7 Å². The van der Waals surface area contributed by atoms with Gasteiger partial charge in [0, 0.05) is 12.5 Å². The van der Waals surface area contributed by atoms with Crippen LogP contribution < -0.4 is 5.73 Å². The molecule has 0 fully saturated rings. The highest BCUT2D eigenvalue weighted by molar-refractivity contribution is 7.91. The lowest BCUT2D eigenvalue weighted by atomic mass is 10.2. The molecule has 100 valence electrons. The maximum atomic E-state index is 11.4. The summed E-state index contributed by atoms with van der Waals surface area (Å²) in [6, 6.07) is 1.69. The molecule has 0 heterocycles. The molecule has 0 unspecified atom stereocenters. The summed E-state index contributed by atoms with van der Waals surface area (Å²) in [5.41, 5.74) is 4.40. The lowest BCUT2D eigenvalue weighted by Gasteiger charge is -2.09. The van der Waals surface area contributed by atoms with E-state index in [-0.39, 0.29) is 0 Å². The van der Waals surface area contributed by atoms with Gasteiger partial charge in [-0.25, -0.2) is 21.6 Å². The van der Waals surface area contributed by atoms with Crippen molar-refractivity contribution in [2.45, 2.75) is 9.79 Å². The summed E-state index contributed by atoms with van der Waals surface area (Å²) in [5.74, 6) is -1.50. The molecule has 0 aliphatic heterocycles. The number of nitrogens with two attached hydrogens (primary N) is 1. The van der Waals surface area contributed by atoms with E-state index in [1.54, 1.807) is 0 Å². The minimum absolute atomic E-state index is 0.408. The van der Waals surface area contributed by atoms with E-state index in [4.69, 9.17) is 10.8 Å². The van der Waals surface area contributed by atoms with Crippen molar-refractivity contribution in [3.8, 4) is 0 Å². The fourth-order valence-corrected chi connectivity index (χ4v) is 2.89. The average molecular weight is 293 g/mol. The molecule has 7 nitrogen and oxygen atoms in total. The van der Waals surface area contributed by atoms with Crippen molar-refractivity contribution < 1.29 is 26.7 Å². The zero-order chi connectivity index (χ0) is 14.3. The molecule has 0 saturated heterocycles. The van der Waals surface area contributed by atoms with Gasteiger partial charge in [-0.3, -0.25) is 0 Å². The zero-order valence-corrected chi connectivity index (χ0v) is 11.2. The molecule has 0 aliphatic rings. The van der Waals surface area contributed by atoms with Crippen LogP contribution in [0.2, 0.25) is 0 Å². The van der Waals surface area contributed by atoms with E-state index in [0.717, 1.165) is 24.6 Å². The lowest BCUT2D eigenvalue weighted by molar-refractivity contribution is 0.0697. The van der Waals surface area contributed by atoms with Crippen LogP contribution >= 0.6 is 0 Å². The summed E-state index contributed by atoms with van der Waals surface area (Å²) < 4.78 is 45.6. The van der Waals surface area contributed by atoms with Crippen LogP contribution in [0.1, 0.15) is 10.4 Å². The molecule has 9 heteroatoms. The second kappa shape index (κ2) is 4.25. The van der Waals surface area contributed by atoms with E-state index in [1.165, 1.54) is 0 Å². The van der Waals surface area contributed by atoms with Crippen LogP contribution in [0, 0.1) is 0 Å². The third-order valence-corrected chi connectivity index (χ3v) is 4.40. The van der Waals surface area contributed by atoms with Crippen molar-refractivity contribution in [3.63, 3.8) is 0 Å². The Labute approximate surface area is 104 Å². The fourth-order valence-electron chi connectivity index (χ4n) is 1.30. The first-order chi connectivity index (χ1) is 7.94. The predicted molar refractivity (Wildman–Crippen MR) is 64.0 cm³/mol. The molecule has 3 N–H and O–H groups in total. The van der Waals surface area contributed by atoms with Gasteiger partial charge in [0.05, 0.1) is 21.0 Å². The van der Waals surface area contributed by atoms with Crippen molar-refractivity contribution in [1.82, 2.24) is 0 Å². The van der Waals surface area contributed by atoms with Crippen molar-refractivity contribution in [2.75, 3.05) is 18.2 Å². The number of hydrogen-bond acceptors (Lipinski definition) is 6. The van der Waals surface area contributed by atoms with E-state index in [1.807, 2.05) is 0 Å². The van der Waals surface area contributed by atoms with Gasteiger partial charge in [-0.05, 0) is 12.1 Å². The Kier molecular flexibility index (Phi) is 3.41. The molecule has 0 aliphatic carbocycles. The first-order valence-corrected chi connectivity index (χ1v) is 8.30. The molecule has 0 atom stereocenters. The fraction of sp³-hybridized carbons (Fsp3) is 0.222. The van der Waals surface area contributed by atoms with Crippen LogP contribution in [0.3, 0.4) is 0 Å². The Morgan fingerprint density at radius 3 is 1.94 bits per heavy atom. The molecule has 0 radical (unpaired) electrons. The Morgan fingerprint density at radius 1 is 1.11 bits per heavy atom. The summed E-state index contributed by atoms with van der Waals surface area (Å²) in [6.45, 7) is 0. The van der Waals surface area contributed by atoms with Gasteiger partial charge < -0.3 is 10.8 Å². The van der Waals surface area contributed by atoms with E-state index >= 15 is 0 Å². The third-order valence-electron chi connectivity index (χ3n) is 2.17. The highest BCUT2D eigenvalue weighted by Gasteiger charge is 2.22. The number of carboxylic acids is 1. The molecule has 1 aromatic carbocycles. The Hall–Kier alpha value is -1.61. The van der Waals surface area contributed by atoms with Gasteiger partial charge in [0.2, 0.25) is 0 Å². The molecule has 0 amide bonds. The maximum absolute atomic E-state index is 11.4. The molecule has 1 aromatic rings. The lowest BCUT2D eigenvalue weighted by Crippen LogP contribution is -2.11. The smallest absolute Gasteiger partial charge is 0.337 e. The number of anilines is 1. The second-order valence-electron chi connectivity index (χ2n) is 3.73. The molecule has 0 bridgehead atoms. The second-order valence-corrected chi connectivity index (χ2v) is 7.73. The molecular weight excluding hydrogens is 282 g/mol. The summed E-state index contributed by atoms with van der Waals surface area (Å²) in [6.07, 6.45) is 1.66. The number of sulfone groups is 2. The molecule has 0 saturated carbocycles. The highest BCUT2D eigenvalue weighted by Crippen LogP contribution is 2.27. The first kappa shape index (κ1) is 14.5. The quantitative estimate of drug-likeness (QED) is 0.736. The SMILES string of the molecule is CS(=O)(=O)c1cc(C(=O)O)c(N)c(S(C)(=O)=O)c1. The zero-order valence-electron chi connectivity index (χ0n) is 9.54. The Morgan fingerprint density at radius 2 is 1.61 bits per heavy atom. The number of aromatic carboxylic acids is 1. The average Bonchev–Trinajstić information content (AvgIpc) is 2.13. The standard InChI is InChI=1S/C9H11NO6S2/c1-17(13,14)5-3-6(9(11)12)8(10)7(4-5)18(2,15)16/h3-4H,10H2,1-2H3,(H,11,12). The normalized spacial score (nSPS) is 12.3. The number of rotatable bonds is 3. The topological polar surface area (TPSA) is 132 Å². The number of benzene rings is 1. The van der Waals surface area contributed by atoms with Gasteiger partial charge in [-0.1, -0.05) is 0 Å². The van der Waals surface area contributed by atoms with Gasteiger partial charge in [0.15, 0.2) is 19.7 Å². The van der Waals surface area contributed by atoms with Crippen molar-refractivity contribution >= 4 is 31.3 Å². The molecule has 1 rings (SSSR count). The molecular formula is C9H11NO6S2. The van der Waals surface area contributed by atoms with Gasteiger partial charge in [-0.2, -0.15) is 0 Å². The van der Waals surface area contributed by atoms with Crippen LogP contribution in [0.25, 0.3) is 0 Å². The van der Waals surface area contributed by atoms with E-state index in [0.29, 0.717) is 0 Å². The summed E-state index contributed by atoms with van der Waals surface area (Å²) in [5, 5.41) is 8.88. The van der Waals surface area contributed by atoms with Crippen molar-refractivity contribution in [1.29, 1.82) is 0 Å². The number of carboxylic acid groups (broad SMARTS) is 1. The van der Waals surface area contributed by atoms with Crippen LogP contribution in [-0.4, -0.2) is 40.4 Å². The van der Waals surface area contributed by atoms with Crippen LogP contribution in [-0.2, 0) is 19.7 Å². The summed E-state index contributed by atoms with van der Waals surface area (Å²) >= 11 is 0. The minimum atomic E-state index is -3.83. The Balaban J connectivity index is 3.86. The van der Waals surface area contributed by atoms with Gasteiger partial charge in [-0.15, -0.1) is 0 Å². The molecule has 0 spiro atoms. The van der Waals surface area contributed by atoms with Crippen molar-refractivity contribution in [3.05, 3.63) is 17.7 Å². The largest absolute Gasteiger partial charge is 0.478 e. The summed E-state index contributed by atoms with van der Waals surface area (Å²) in [4.78, 5) is 9.99. The monoisotopic (exact) mass is 293 g/mol. The van der Waals surface area contributed by atoms with Crippen molar-refractivity contribution in [2.24, 2.45) is 0 Å². The molecule has 0 aromatic heterocycles. The van der Waals surface area contributed by atoms with Crippen LogP contribution in [0.15, 0.2) is 21.9 Å². The van der Waals surface area contributed by atoms with Gasteiger partial charge >= 0.3 is 5.97 Å². The van der Waals surface area contributed by atoms with Crippen LogP contribution in [0.5, 0.6) is 0 Å². The van der Waals surface area contributed by atoms with E-state index in [2.05, 4.69) is 0 Å². The Bertz CT molecular complexity index is 718. The van der Waals surface area contributed by atoms with Gasteiger partial charge in [0.1, 0.15) is 0 Å². The third kappa shape index (κ3) is 2.79. The minimum Gasteiger partial charge on any atom is -0.478 e. The number of hydrogen-bond donors (Lipinski definition) is 2. The van der Waals surface area contributed by atoms with E-state index in [9.17, 15) is 21.6 Å². The summed E-state index contributed by atoms with van der Waals surface area (Å²) in [7, 11) is -7.57. The maximum Gasteiger partial charge on any atom is 0.337 e. The number of carbonyl (C=O) groups is 1.